The molecule has 0 unspecified atom stereocenters. The van der Waals surface area contributed by atoms with Crippen LogP contribution in [0.5, 0.6) is 17.4 Å². The summed E-state index contributed by atoms with van der Waals surface area (Å²) in [4.78, 5) is 25.6. The number of aromatic nitrogens is 1. The SMILES string of the molecule is COc1ccc(CCn2c(O)c(C(=O)COc3ccc(Cl)cc3)c(C)c(C#N)c2=O)cc1. The number of hydrogen-bond acceptors (Lipinski definition) is 6. The second-order valence-electron chi connectivity index (χ2n) is 7.03. The maximum Gasteiger partial charge on any atom is 0.271 e. The molecule has 0 spiro atoms. The lowest BCUT2D eigenvalue weighted by atomic mass is 10.0. The third-order valence-electron chi connectivity index (χ3n) is 5.05. The number of aromatic hydroxyl groups is 1. The molecule has 1 aromatic heterocycles. The number of nitriles is 1. The second-order valence-corrected chi connectivity index (χ2v) is 7.47. The van der Waals surface area contributed by atoms with Crippen LogP contribution in [0.3, 0.4) is 0 Å². The maximum atomic E-state index is 12.9. The number of halogens is 1. The molecule has 0 saturated heterocycles. The lowest BCUT2D eigenvalue weighted by Crippen LogP contribution is -2.28. The van der Waals surface area contributed by atoms with Gasteiger partial charge in [0, 0.05) is 11.6 Å². The minimum Gasteiger partial charge on any atom is -0.497 e. The van der Waals surface area contributed by atoms with Gasteiger partial charge in [0.1, 0.15) is 23.1 Å². The number of ketones is 1. The molecule has 0 aliphatic rings. The predicted molar refractivity (Wildman–Crippen MR) is 120 cm³/mol. The van der Waals surface area contributed by atoms with E-state index in [0.29, 0.717) is 22.9 Å². The van der Waals surface area contributed by atoms with Crippen LogP contribution in [0, 0.1) is 18.3 Å². The standard InChI is InChI=1S/C24H21ClN2O5/c1-15-20(13-26)23(29)27(12-11-16-3-7-18(31-2)8-4-16)24(30)22(15)21(28)14-32-19-9-5-17(25)6-10-19/h3-10,30H,11-12,14H2,1-2H3. The average Bonchev–Trinajstić information content (AvgIpc) is 2.79. The minimum absolute atomic E-state index is 0.0876. The number of carbonyl (C=O) groups is 1. The van der Waals surface area contributed by atoms with Gasteiger partial charge in [0.05, 0.1) is 12.7 Å². The third kappa shape index (κ3) is 4.93. The monoisotopic (exact) mass is 452 g/mol. The summed E-state index contributed by atoms with van der Waals surface area (Å²) in [6, 6.07) is 15.6. The first kappa shape index (κ1) is 22.9. The van der Waals surface area contributed by atoms with Gasteiger partial charge in [-0.15, -0.1) is 0 Å². The van der Waals surface area contributed by atoms with Crippen molar-refractivity contribution in [3.05, 3.63) is 86.2 Å². The summed E-state index contributed by atoms with van der Waals surface area (Å²) in [7, 11) is 1.57. The number of carbonyl (C=O) groups excluding carboxylic acids is 1. The van der Waals surface area contributed by atoms with Crippen LogP contribution in [-0.2, 0) is 13.0 Å². The Labute approximate surface area is 190 Å². The van der Waals surface area contributed by atoms with Crippen LogP contribution in [0.4, 0.5) is 0 Å². The number of nitrogens with zero attached hydrogens (tertiary/aromatic N) is 2. The van der Waals surface area contributed by atoms with E-state index in [1.165, 1.54) is 6.92 Å². The van der Waals surface area contributed by atoms with Crippen LogP contribution < -0.4 is 15.0 Å². The summed E-state index contributed by atoms with van der Waals surface area (Å²) in [5, 5.41) is 20.8. The molecule has 0 fully saturated rings. The summed E-state index contributed by atoms with van der Waals surface area (Å²) in [5.41, 5.74) is 0.0823. The van der Waals surface area contributed by atoms with Crippen LogP contribution >= 0.6 is 11.6 Å². The molecule has 1 heterocycles. The van der Waals surface area contributed by atoms with Crippen molar-refractivity contribution < 1.29 is 19.4 Å². The predicted octanol–water partition coefficient (Wildman–Crippen LogP) is 3.90. The van der Waals surface area contributed by atoms with Crippen molar-refractivity contribution in [3.8, 4) is 23.4 Å². The Kier molecular flexibility index (Phi) is 7.18. The summed E-state index contributed by atoms with van der Waals surface area (Å²) in [6.45, 7) is 1.17. The molecule has 0 aliphatic heterocycles. The zero-order chi connectivity index (χ0) is 23.3. The van der Waals surface area contributed by atoms with Gasteiger partial charge in [-0.3, -0.25) is 14.2 Å². The van der Waals surface area contributed by atoms with E-state index in [1.54, 1.807) is 43.5 Å². The number of rotatable bonds is 8. The van der Waals surface area contributed by atoms with Crippen molar-refractivity contribution in [1.29, 1.82) is 5.26 Å². The van der Waals surface area contributed by atoms with Crippen molar-refractivity contribution in [2.45, 2.75) is 19.9 Å². The van der Waals surface area contributed by atoms with Crippen LogP contribution in [0.25, 0.3) is 0 Å². The molecule has 2 aromatic carbocycles. The van der Waals surface area contributed by atoms with E-state index in [1.807, 2.05) is 18.2 Å². The van der Waals surface area contributed by atoms with Gasteiger partial charge in [-0.2, -0.15) is 5.26 Å². The maximum absolute atomic E-state index is 12.9. The molecule has 164 valence electrons. The summed E-state index contributed by atoms with van der Waals surface area (Å²) < 4.78 is 11.7. The Morgan fingerprint density at radius 2 is 1.75 bits per heavy atom. The van der Waals surface area contributed by atoms with Gasteiger partial charge in [-0.1, -0.05) is 23.7 Å². The molecule has 7 nitrogen and oxygen atoms in total. The first-order chi connectivity index (χ1) is 15.3. The Morgan fingerprint density at radius 3 is 2.34 bits per heavy atom. The largest absolute Gasteiger partial charge is 0.497 e. The smallest absolute Gasteiger partial charge is 0.271 e. The topological polar surface area (TPSA) is 102 Å². The quantitative estimate of drug-likeness (QED) is 0.520. The lowest BCUT2D eigenvalue weighted by Gasteiger charge is -2.16. The summed E-state index contributed by atoms with van der Waals surface area (Å²) in [5.74, 6) is 0.0898. The van der Waals surface area contributed by atoms with E-state index in [4.69, 9.17) is 21.1 Å². The molecule has 0 atom stereocenters. The Bertz CT molecular complexity index is 1230. The van der Waals surface area contributed by atoms with E-state index in [2.05, 4.69) is 0 Å². The van der Waals surface area contributed by atoms with Crippen molar-refractivity contribution in [2.24, 2.45) is 0 Å². The van der Waals surface area contributed by atoms with Gasteiger partial charge < -0.3 is 14.6 Å². The molecule has 3 rings (SSSR count). The molecule has 0 saturated carbocycles. The molecule has 0 bridgehead atoms. The third-order valence-corrected chi connectivity index (χ3v) is 5.30. The molecular weight excluding hydrogens is 432 g/mol. The van der Waals surface area contributed by atoms with Gasteiger partial charge in [0.25, 0.3) is 5.56 Å². The number of methoxy groups -OCH3 is 1. The number of hydrogen-bond donors (Lipinski definition) is 1. The van der Waals surface area contributed by atoms with Crippen LogP contribution in [0.15, 0.2) is 53.3 Å². The normalized spacial score (nSPS) is 10.4. The van der Waals surface area contributed by atoms with Crippen molar-refractivity contribution in [3.63, 3.8) is 0 Å². The first-order valence-corrected chi connectivity index (χ1v) is 10.1. The van der Waals surface area contributed by atoms with E-state index in [9.17, 15) is 20.0 Å². The van der Waals surface area contributed by atoms with Gasteiger partial charge in [0.15, 0.2) is 6.61 Å². The number of pyridine rings is 1. The Morgan fingerprint density at radius 1 is 1.12 bits per heavy atom. The molecule has 1 N–H and O–H groups in total. The highest BCUT2D eigenvalue weighted by molar-refractivity contribution is 6.30. The van der Waals surface area contributed by atoms with Crippen molar-refractivity contribution in [1.82, 2.24) is 4.57 Å². The van der Waals surface area contributed by atoms with Gasteiger partial charge in [0.2, 0.25) is 11.7 Å². The molecular formula is C24H21ClN2O5. The average molecular weight is 453 g/mol. The van der Waals surface area contributed by atoms with Gasteiger partial charge in [-0.25, -0.2) is 0 Å². The molecule has 8 heteroatoms. The van der Waals surface area contributed by atoms with Crippen LogP contribution in [0.1, 0.15) is 27.0 Å². The molecule has 32 heavy (non-hydrogen) atoms. The fourth-order valence-electron chi connectivity index (χ4n) is 3.28. The van der Waals surface area contributed by atoms with E-state index >= 15 is 0 Å². The molecule has 0 amide bonds. The van der Waals surface area contributed by atoms with E-state index < -0.39 is 17.2 Å². The summed E-state index contributed by atoms with van der Waals surface area (Å²) in [6.07, 6.45) is 0.403. The molecule has 3 aromatic rings. The molecule has 0 radical (unpaired) electrons. The molecule has 0 aliphatic carbocycles. The fourth-order valence-corrected chi connectivity index (χ4v) is 3.40. The fraction of sp³-hybridized carbons (Fsp3) is 0.208. The van der Waals surface area contributed by atoms with Crippen molar-refractivity contribution in [2.75, 3.05) is 13.7 Å². The highest BCUT2D eigenvalue weighted by Crippen LogP contribution is 2.24. The Hall–Kier alpha value is -3.76. The van der Waals surface area contributed by atoms with Crippen LogP contribution in [0.2, 0.25) is 5.02 Å². The first-order valence-electron chi connectivity index (χ1n) is 9.76. The minimum atomic E-state index is -0.647. The van der Waals surface area contributed by atoms with E-state index in [0.717, 1.165) is 10.1 Å². The highest BCUT2D eigenvalue weighted by Gasteiger charge is 2.24. The number of ether oxygens (including phenoxy) is 2. The zero-order valence-electron chi connectivity index (χ0n) is 17.6. The van der Waals surface area contributed by atoms with Crippen LogP contribution in [-0.4, -0.2) is 29.2 Å². The number of aryl methyl sites for hydroxylation is 1. The second kappa shape index (κ2) is 10.0. The number of benzene rings is 2. The van der Waals surface area contributed by atoms with Gasteiger partial charge >= 0.3 is 0 Å². The lowest BCUT2D eigenvalue weighted by molar-refractivity contribution is 0.0916. The summed E-state index contributed by atoms with van der Waals surface area (Å²) >= 11 is 5.84. The zero-order valence-corrected chi connectivity index (χ0v) is 18.3. The van der Waals surface area contributed by atoms with E-state index in [-0.39, 0.29) is 29.8 Å². The number of Topliss-reactive ketones (excluding diaryl/α,β-unsaturated/α-hetero) is 1. The van der Waals surface area contributed by atoms with Crippen molar-refractivity contribution >= 4 is 17.4 Å². The van der Waals surface area contributed by atoms with Gasteiger partial charge in [-0.05, 0) is 60.9 Å². The Balaban J connectivity index is 1.88. The highest BCUT2D eigenvalue weighted by atomic mass is 35.5.